The summed E-state index contributed by atoms with van der Waals surface area (Å²) in [4.78, 5) is 10.8. The number of Topliss-reactive ketones (excluding diaryl/α,β-unsaturated/α-hetero) is 1. The highest BCUT2D eigenvalue weighted by Gasteiger charge is 2.01. The van der Waals surface area contributed by atoms with E-state index in [1.54, 1.807) is 0 Å². The van der Waals surface area contributed by atoms with Gasteiger partial charge in [0.1, 0.15) is 6.61 Å². The van der Waals surface area contributed by atoms with Crippen molar-refractivity contribution < 1.29 is 9.53 Å². The molecule has 0 aliphatic rings. The SMILES string of the molecule is CSCC(=O)COC(C)C. The first kappa shape index (κ1) is 9.98. The van der Waals surface area contributed by atoms with E-state index in [-0.39, 0.29) is 18.5 Å². The van der Waals surface area contributed by atoms with E-state index in [4.69, 9.17) is 4.74 Å². The van der Waals surface area contributed by atoms with Crippen molar-refractivity contribution in [2.24, 2.45) is 0 Å². The van der Waals surface area contributed by atoms with Crippen LogP contribution in [0.25, 0.3) is 0 Å². The van der Waals surface area contributed by atoms with Crippen molar-refractivity contribution in [3.05, 3.63) is 0 Å². The minimum absolute atomic E-state index is 0.158. The maximum absolute atomic E-state index is 10.8. The lowest BCUT2D eigenvalue weighted by molar-refractivity contribution is -0.122. The summed E-state index contributed by atoms with van der Waals surface area (Å²) in [5, 5.41) is 0. The van der Waals surface area contributed by atoms with Crippen molar-refractivity contribution in [3.8, 4) is 0 Å². The molecule has 0 aliphatic carbocycles. The Bertz CT molecular complexity index is 102. The highest BCUT2D eigenvalue weighted by Crippen LogP contribution is 1.94. The Labute approximate surface area is 66.3 Å². The molecule has 10 heavy (non-hydrogen) atoms. The minimum Gasteiger partial charge on any atom is -0.371 e. The predicted molar refractivity (Wildman–Crippen MR) is 44.5 cm³/mol. The first-order valence-corrected chi connectivity index (χ1v) is 4.68. The molecular formula is C7H14O2S. The van der Waals surface area contributed by atoms with E-state index >= 15 is 0 Å². The fourth-order valence-electron chi connectivity index (χ4n) is 0.462. The second kappa shape index (κ2) is 5.74. The molecule has 0 rings (SSSR count). The Hall–Kier alpha value is -0.0200. The summed E-state index contributed by atoms with van der Waals surface area (Å²) in [7, 11) is 0. The van der Waals surface area contributed by atoms with E-state index < -0.39 is 0 Å². The van der Waals surface area contributed by atoms with Gasteiger partial charge in [0.25, 0.3) is 0 Å². The van der Waals surface area contributed by atoms with E-state index in [0.717, 1.165) is 0 Å². The lowest BCUT2D eigenvalue weighted by Crippen LogP contribution is -2.14. The molecule has 0 aromatic heterocycles. The molecule has 0 aromatic rings. The van der Waals surface area contributed by atoms with Crippen molar-refractivity contribution in [1.82, 2.24) is 0 Å². The topological polar surface area (TPSA) is 26.3 Å². The predicted octanol–water partition coefficient (Wildman–Crippen LogP) is 1.34. The molecule has 0 amide bonds. The first-order chi connectivity index (χ1) is 4.66. The van der Waals surface area contributed by atoms with Crippen LogP contribution in [0.5, 0.6) is 0 Å². The summed E-state index contributed by atoms with van der Waals surface area (Å²) >= 11 is 1.53. The molecule has 0 aliphatic heterocycles. The largest absolute Gasteiger partial charge is 0.371 e. The van der Waals surface area contributed by atoms with Gasteiger partial charge in [-0.3, -0.25) is 4.79 Å². The molecule has 0 aromatic carbocycles. The molecule has 3 heteroatoms. The average molecular weight is 162 g/mol. The summed E-state index contributed by atoms with van der Waals surface area (Å²) in [6.07, 6.45) is 2.07. The third-order valence-electron chi connectivity index (χ3n) is 0.883. The van der Waals surface area contributed by atoms with Gasteiger partial charge in [-0.2, -0.15) is 11.8 Å². The molecule has 0 saturated carbocycles. The fourth-order valence-corrected chi connectivity index (χ4v) is 0.868. The van der Waals surface area contributed by atoms with Gasteiger partial charge in [0, 0.05) is 0 Å². The molecule has 2 nitrogen and oxygen atoms in total. The third kappa shape index (κ3) is 6.11. The molecule has 0 unspecified atom stereocenters. The van der Waals surface area contributed by atoms with Gasteiger partial charge in [0.2, 0.25) is 0 Å². The van der Waals surface area contributed by atoms with Crippen molar-refractivity contribution in [2.45, 2.75) is 20.0 Å². The number of ketones is 1. The van der Waals surface area contributed by atoms with Crippen LogP contribution in [-0.4, -0.2) is 30.5 Å². The Morgan fingerprint density at radius 1 is 1.60 bits per heavy atom. The zero-order chi connectivity index (χ0) is 7.98. The van der Waals surface area contributed by atoms with Gasteiger partial charge >= 0.3 is 0 Å². The highest BCUT2D eigenvalue weighted by atomic mass is 32.2. The maximum Gasteiger partial charge on any atom is 0.168 e. The van der Waals surface area contributed by atoms with Gasteiger partial charge < -0.3 is 4.74 Å². The van der Waals surface area contributed by atoms with Crippen LogP contribution in [-0.2, 0) is 9.53 Å². The van der Waals surface area contributed by atoms with Crippen LogP contribution in [0.3, 0.4) is 0 Å². The van der Waals surface area contributed by atoms with Gasteiger partial charge in [-0.25, -0.2) is 0 Å². The van der Waals surface area contributed by atoms with Crippen molar-refractivity contribution in [3.63, 3.8) is 0 Å². The maximum atomic E-state index is 10.8. The van der Waals surface area contributed by atoms with Gasteiger partial charge in [-0.05, 0) is 20.1 Å². The standard InChI is InChI=1S/C7H14O2S/c1-6(2)9-4-7(8)5-10-3/h6H,4-5H2,1-3H3. The van der Waals surface area contributed by atoms with Crippen LogP contribution < -0.4 is 0 Å². The molecule has 0 N–H and O–H groups in total. The summed E-state index contributed by atoms with van der Waals surface area (Å²) in [5.74, 6) is 0.730. The molecule has 0 saturated heterocycles. The van der Waals surface area contributed by atoms with Crippen molar-refractivity contribution in [2.75, 3.05) is 18.6 Å². The number of thioether (sulfide) groups is 1. The number of hydrogen-bond acceptors (Lipinski definition) is 3. The number of rotatable bonds is 5. The summed E-state index contributed by atoms with van der Waals surface area (Å²) in [5.41, 5.74) is 0. The minimum atomic E-state index is 0.158. The lowest BCUT2D eigenvalue weighted by Gasteiger charge is -2.04. The Kier molecular flexibility index (Phi) is 5.73. The second-order valence-corrected chi connectivity index (χ2v) is 3.20. The lowest BCUT2D eigenvalue weighted by atomic mass is 10.4. The number of ether oxygens (including phenoxy) is 1. The van der Waals surface area contributed by atoms with Gasteiger partial charge in [-0.1, -0.05) is 0 Å². The van der Waals surface area contributed by atoms with E-state index in [1.807, 2.05) is 20.1 Å². The summed E-state index contributed by atoms with van der Waals surface area (Å²) in [6.45, 7) is 4.11. The van der Waals surface area contributed by atoms with Crippen LogP contribution in [0, 0.1) is 0 Å². The van der Waals surface area contributed by atoms with Gasteiger partial charge in [-0.15, -0.1) is 0 Å². The van der Waals surface area contributed by atoms with Crippen molar-refractivity contribution >= 4 is 17.5 Å². The second-order valence-electron chi connectivity index (χ2n) is 2.33. The molecular weight excluding hydrogens is 148 g/mol. The Balaban J connectivity index is 3.22. The number of carbonyl (C=O) groups is 1. The third-order valence-corrected chi connectivity index (χ3v) is 1.49. The van der Waals surface area contributed by atoms with Crippen LogP contribution in [0.15, 0.2) is 0 Å². The van der Waals surface area contributed by atoms with Crippen LogP contribution >= 0.6 is 11.8 Å². The zero-order valence-corrected chi connectivity index (χ0v) is 7.53. The molecule has 0 bridgehead atoms. The number of carbonyl (C=O) groups excluding carboxylic acids is 1. The van der Waals surface area contributed by atoms with E-state index in [0.29, 0.717) is 5.75 Å². The molecule has 0 radical (unpaired) electrons. The van der Waals surface area contributed by atoms with Gasteiger partial charge in [0.15, 0.2) is 5.78 Å². The fraction of sp³-hybridized carbons (Fsp3) is 0.857. The van der Waals surface area contributed by atoms with Crippen LogP contribution in [0.1, 0.15) is 13.8 Å². The van der Waals surface area contributed by atoms with Crippen molar-refractivity contribution in [1.29, 1.82) is 0 Å². The molecule has 60 valence electrons. The van der Waals surface area contributed by atoms with E-state index in [2.05, 4.69) is 0 Å². The Morgan fingerprint density at radius 3 is 2.60 bits per heavy atom. The summed E-state index contributed by atoms with van der Waals surface area (Å²) in [6, 6.07) is 0. The van der Waals surface area contributed by atoms with Crippen LogP contribution in [0.4, 0.5) is 0 Å². The molecule has 0 fully saturated rings. The van der Waals surface area contributed by atoms with Crippen LogP contribution in [0.2, 0.25) is 0 Å². The molecule has 0 heterocycles. The monoisotopic (exact) mass is 162 g/mol. The molecule has 0 atom stereocenters. The average Bonchev–Trinajstić information content (AvgIpc) is 1.85. The smallest absolute Gasteiger partial charge is 0.168 e. The van der Waals surface area contributed by atoms with E-state index in [1.165, 1.54) is 11.8 Å². The van der Waals surface area contributed by atoms with E-state index in [9.17, 15) is 4.79 Å². The Morgan fingerprint density at radius 2 is 2.20 bits per heavy atom. The zero-order valence-electron chi connectivity index (χ0n) is 6.72. The quantitative estimate of drug-likeness (QED) is 0.610. The number of hydrogen-bond donors (Lipinski definition) is 0. The molecule has 0 spiro atoms. The first-order valence-electron chi connectivity index (χ1n) is 3.29. The van der Waals surface area contributed by atoms with Gasteiger partial charge in [0.05, 0.1) is 11.9 Å². The summed E-state index contributed by atoms with van der Waals surface area (Å²) < 4.78 is 5.09. The normalized spacial score (nSPS) is 10.4. The highest BCUT2D eigenvalue weighted by molar-refractivity contribution is 7.99.